The van der Waals surface area contributed by atoms with Gasteiger partial charge in [0.25, 0.3) is 0 Å². The van der Waals surface area contributed by atoms with E-state index in [0.717, 1.165) is 18.0 Å². The van der Waals surface area contributed by atoms with Crippen LogP contribution in [0.4, 0.5) is 5.69 Å². The van der Waals surface area contributed by atoms with Gasteiger partial charge in [0, 0.05) is 18.3 Å². The van der Waals surface area contributed by atoms with Gasteiger partial charge < -0.3 is 15.4 Å². The lowest BCUT2D eigenvalue weighted by Gasteiger charge is -2.14. The Morgan fingerprint density at radius 2 is 2.00 bits per heavy atom. The van der Waals surface area contributed by atoms with Crippen LogP contribution >= 0.6 is 12.2 Å². The van der Waals surface area contributed by atoms with E-state index >= 15 is 0 Å². The number of benzene rings is 1. The van der Waals surface area contributed by atoms with Crippen LogP contribution in [0.1, 0.15) is 27.7 Å². The molecule has 0 aromatic heterocycles. The van der Waals surface area contributed by atoms with Crippen molar-refractivity contribution in [3.05, 3.63) is 24.3 Å². The molecule has 0 amide bonds. The minimum absolute atomic E-state index is 0.172. The van der Waals surface area contributed by atoms with Gasteiger partial charge in [-0.3, -0.25) is 0 Å². The molecule has 0 bridgehead atoms. The minimum Gasteiger partial charge on any atom is -0.491 e. The third-order valence-corrected chi connectivity index (χ3v) is 2.38. The highest BCUT2D eigenvalue weighted by Crippen LogP contribution is 2.18. The van der Waals surface area contributed by atoms with E-state index in [-0.39, 0.29) is 6.10 Å². The highest BCUT2D eigenvalue weighted by molar-refractivity contribution is 7.80. The molecule has 1 aromatic rings. The maximum absolute atomic E-state index is 5.63. The van der Waals surface area contributed by atoms with Crippen molar-refractivity contribution in [1.29, 1.82) is 0 Å². The molecule has 0 spiro atoms. The van der Waals surface area contributed by atoms with E-state index in [2.05, 4.69) is 24.5 Å². The van der Waals surface area contributed by atoms with Gasteiger partial charge in [0.05, 0.1) is 6.10 Å². The van der Waals surface area contributed by atoms with Gasteiger partial charge >= 0.3 is 0 Å². The first-order valence-corrected chi connectivity index (χ1v) is 6.69. The largest absolute Gasteiger partial charge is 0.491 e. The summed E-state index contributed by atoms with van der Waals surface area (Å²) in [5, 5.41) is 6.97. The predicted molar refractivity (Wildman–Crippen MR) is 81.3 cm³/mol. The van der Waals surface area contributed by atoms with E-state index in [1.54, 1.807) is 0 Å². The molecule has 100 valence electrons. The second-order valence-corrected chi connectivity index (χ2v) is 5.33. The fourth-order valence-electron chi connectivity index (χ4n) is 1.39. The summed E-state index contributed by atoms with van der Waals surface area (Å²) >= 11 is 5.22. The molecule has 0 unspecified atom stereocenters. The molecule has 3 nitrogen and oxygen atoms in total. The molecule has 4 heteroatoms. The normalized spacial score (nSPS) is 10.6. The van der Waals surface area contributed by atoms with Crippen molar-refractivity contribution in [1.82, 2.24) is 5.32 Å². The Morgan fingerprint density at radius 1 is 1.28 bits per heavy atom. The van der Waals surface area contributed by atoms with Crippen molar-refractivity contribution >= 4 is 23.0 Å². The fraction of sp³-hybridized carbons (Fsp3) is 0.500. The first-order valence-electron chi connectivity index (χ1n) is 6.29. The molecule has 0 aliphatic rings. The maximum Gasteiger partial charge on any atom is 0.170 e. The number of hydrogen-bond donors (Lipinski definition) is 2. The summed E-state index contributed by atoms with van der Waals surface area (Å²) in [5.74, 6) is 1.42. The topological polar surface area (TPSA) is 33.3 Å². The molecule has 1 rings (SSSR count). The quantitative estimate of drug-likeness (QED) is 0.800. The number of hydrogen-bond acceptors (Lipinski definition) is 2. The molecule has 0 atom stereocenters. The number of nitrogens with one attached hydrogen (secondary N) is 2. The Hall–Kier alpha value is -1.29. The van der Waals surface area contributed by atoms with Gasteiger partial charge in [0.2, 0.25) is 0 Å². The molecular formula is C14H22N2OS. The zero-order chi connectivity index (χ0) is 13.5. The average Bonchev–Trinajstić information content (AvgIpc) is 2.26. The summed E-state index contributed by atoms with van der Waals surface area (Å²) in [6.45, 7) is 9.18. The van der Waals surface area contributed by atoms with Gasteiger partial charge in [0.15, 0.2) is 5.11 Å². The molecule has 0 saturated heterocycles. The van der Waals surface area contributed by atoms with Crippen molar-refractivity contribution in [3.63, 3.8) is 0 Å². The van der Waals surface area contributed by atoms with Crippen LogP contribution in [0, 0.1) is 5.92 Å². The third kappa shape index (κ3) is 5.87. The fourth-order valence-corrected chi connectivity index (χ4v) is 1.59. The third-order valence-electron chi connectivity index (χ3n) is 2.13. The van der Waals surface area contributed by atoms with Crippen molar-refractivity contribution < 1.29 is 4.74 Å². The first-order chi connectivity index (χ1) is 8.47. The molecule has 0 fully saturated rings. The standard InChI is InChI=1S/C14H22N2OS/c1-10(2)9-15-14(18)16-12-6-5-7-13(8-12)17-11(3)4/h5-8,10-11H,9H2,1-4H3,(H2,15,16,18). The van der Waals surface area contributed by atoms with Crippen LogP contribution in [0.25, 0.3) is 0 Å². The molecule has 1 aromatic carbocycles. The highest BCUT2D eigenvalue weighted by atomic mass is 32.1. The van der Waals surface area contributed by atoms with Gasteiger partial charge in [-0.1, -0.05) is 19.9 Å². The van der Waals surface area contributed by atoms with Crippen LogP contribution in [0.15, 0.2) is 24.3 Å². The summed E-state index contributed by atoms with van der Waals surface area (Å²) in [6.07, 6.45) is 0.172. The lowest BCUT2D eigenvalue weighted by Crippen LogP contribution is -2.31. The van der Waals surface area contributed by atoms with E-state index in [0.29, 0.717) is 11.0 Å². The van der Waals surface area contributed by atoms with Crippen LogP contribution in [0.5, 0.6) is 5.75 Å². The minimum atomic E-state index is 0.172. The molecule has 0 aliphatic heterocycles. The molecular weight excluding hydrogens is 244 g/mol. The molecule has 0 heterocycles. The van der Waals surface area contributed by atoms with E-state index in [4.69, 9.17) is 17.0 Å². The van der Waals surface area contributed by atoms with Crippen LogP contribution in [-0.4, -0.2) is 17.8 Å². The summed E-state index contributed by atoms with van der Waals surface area (Å²) in [4.78, 5) is 0. The summed E-state index contributed by atoms with van der Waals surface area (Å²) in [6, 6.07) is 7.81. The summed E-state index contributed by atoms with van der Waals surface area (Å²) in [5.41, 5.74) is 0.939. The van der Waals surface area contributed by atoms with Gasteiger partial charge in [-0.2, -0.15) is 0 Å². The summed E-state index contributed by atoms with van der Waals surface area (Å²) < 4.78 is 5.63. The molecule has 18 heavy (non-hydrogen) atoms. The zero-order valence-corrected chi connectivity index (χ0v) is 12.3. The van der Waals surface area contributed by atoms with Crippen LogP contribution < -0.4 is 15.4 Å². The van der Waals surface area contributed by atoms with Crippen molar-refractivity contribution in [2.24, 2.45) is 5.92 Å². The zero-order valence-electron chi connectivity index (χ0n) is 11.5. The monoisotopic (exact) mass is 266 g/mol. The van der Waals surface area contributed by atoms with Crippen LogP contribution in [0.2, 0.25) is 0 Å². The van der Waals surface area contributed by atoms with Crippen LogP contribution in [-0.2, 0) is 0 Å². The molecule has 2 N–H and O–H groups in total. The van der Waals surface area contributed by atoms with Crippen molar-refractivity contribution in [3.8, 4) is 5.75 Å². The lowest BCUT2D eigenvalue weighted by atomic mass is 10.2. The Kier molecular flexibility index (Phi) is 5.92. The molecule has 0 aliphatic carbocycles. The highest BCUT2D eigenvalue weighted by Gasteiger charge is 2.02. The Labute approximate surface area is 115 Å². The molecule has 0 radical (unpaired) electrons. The maximum atomic E-state index is 5.63. The number of anilines is 1. The van der Waals surface area contributed by atoms with E-state index in [1.807, 2.05) is 38.1 Å². The van der Waals surface area contributed by atoms with E-state index < -0.39 is 0 Å². The first kappa shape index (κ1) is 14.8. The van der Waals surface area contributed by atoms with Crippen LogP contribution in [0.3, 0.4) is 0 Å². The van der Waals surface area contributed by atoms with Crippen molar-refractivity contribution in [2.75, 3.05) is 11.9 Å². The van der Waals surface area contributed by atoms with Gasteiger partial charge in [-0.15, -0.1) is 0 Å². The Balaban J connectivity index is 2.53. The van der Waals surface area contributed by atoms with Gasteiger partial charge in [-0.05, 0) is 44.1 Å². The summed E-state index contributed by atoms with van der Waals surface area (Å²) in [7, 11) is 0. The SMILES string of the molecule is CC(C)CNC(=S)Nc1cccc(OC(C)C)c1. The number of thiocarbonyl (C=S) groups is 1. The average molecular weight is 266 g/mol. The van der Waals surface area contributed by atoms with Crippen molar-refractivity contribution in [2.45, 2.75) is 33.8 Å². The second kappa shape index (κ2) is 7.21. The van der Waals surface area contributed by atoms with Gasteiger partial charge in [-0.25, -0.2) is 0 Å². The number of rotatable bonds is 5. The smallest absolute Gasteiger partial charge is 0.170 e. The number of ether oxygens (including phenoxy) is 1. The Morgan fingerprint density at radius 3 is 2.61 bits per heavy atom. The van der Waals surface area contributed by atoms with E-state index in [9.17, 15) is 0 Å². The molecule has 0 saturated carbocycles. The predicted octanol–water partition coefficient (Wildman–Crippen LogP) is 3.42. The second-order valence-electron chi connectivity index (χ2n) is 4.92. The van der Waals surface area contributed by atoms with Gasteiger partial charge in [0.1, 0.15) is 5.75 Å². The van der Waals surface area contributed by atoms with E-state index in [1.165, 1.54) is 0 Å². The Bertz CT molecular complexity index is 391. The lowest BCUT2D eigenvalue weighted by molar-refractivity contribution is 0.242.